The fraction of sp³-hybridized carbons (Fsp3) is 0.529. The molecule has 0 spiro atoms. The number of piperidine rings is 1. The maximum absolute atomic E-state index is 12.5. The lowest BCUT2D eigenvalue weighted by atomic mass is 9.83. The first-order chi connectivity index (χ1) is 22.2. The number of thioether (sulfide) groups is 1. The normalized spacial score (nSPS) is 15.6. The Morgan fingerprint density at radius 2 is 1.74 bits per heavy atom. The van der Waals surface area contributed by atoms with Gasteiger partial charge in [0.1, 0.15) is 39.4 Å². The summed E-state index contributed by atoms with van der Waals surface area (Å²) in [6, 6.07) is 13.5. The summed E-state index contributed by atoms with van der Waals surface area (Å²) in [6.45, 7) is 11.5. The molecular formula is C34H44N6O6S. The van der Waals surface area contributed by atoms with Crippen LogP contribution in [-0.2, 0) is 25.5 Å². The number of rotatable bonds is 13. The SMILES string of the molecule is CCc1c(C#N)c(SC(C(N)=O)c2ccccc2)nc(N2CCC(OCC[C@@](NC(=O)OC(C)(C)C)(C(=O)O)C(C)C)CC2)c1C#N. The van der Waals surface area contributed by atoms with Crippen molar-refractivity contribution < 1.29 is 29.0 Å². The van der Waals surface area contributed by atoms with Crippen molar-refractivity contribution in [2.45, 2.75) is 94.7 Å². The topological polar surface area (TPSA) is 192 Å². The van der Waals surface area contributed by atoms with Gasteiger partial charge < -0.3 is 30.5 Å². The second kappa shape index (κ2) is 16.0. The van der Waals surface area contributed by atoms with Gasteiger partial charge in [0.2, 0.25) is 5.91 Å². The summed E-state index contributed by atoms with van der Waals surface area (Å²) in [4.78, 5) is 44.2. The molecule has 4 N–H and O–H groups in total. The molecule has 1 aliphatic rings. The third-order valence-corrected chi connectivity index (χ3v) is 9.36. The average Bonchev–Trinajstić information content (AvgIpc) is 3.01. The maximum atomic E-state index is 12.5. The van der Waals surface area contributed by atoms with Gasteiger partial charge >= 0.3 is 12.1 Å². The van der Waals surface area contributed by atoms with Crippen molar-refractivity contribution in [1.29, 1.82) is 10.5 Å². The van der Waals surface area contributed by atoms with Crippen LogP contribution in [0.5, 0.6) is 0 Å². The van der Waals surface area contributed by atoms with E-state index in [-0.39, 0.29) is 24.7 Å². The number of hydrogen-bond donors (Lipinski definition) is 3. The number of amides is 2. The molecular weight excluding hydrogens is 620 g/mol. The van der Waals surface area contributed by atoms with Crippen LogP contribution in [0.4, 0.5) is 10.6 Å². The number of ether oxygens (including phenoxy) is 2. The summed E-state index contributed by atoms with van der Waals surface area (Å²) in [7, 11) is 0. The summed E-state index contributed by atoms with van der Waals surface area (Å²) < 4.78 is 11.5. The van der Waals surface area contributed by atoms with Gasteiger partial charge in [0.05, 0.1) is 17.2 Å². The van der Waals surface area contributed by atoms with Gasteiger partial charge in [-0.1, -0.05) is 62.9 Å². The third-order valence-electron chi connectivity index (χ3n) is 8.10. The van der Waals surface area contributed by atoms with Gasteiger partial charge in [-0.2, -0.15) is 10.5 Å². The Morgan fingerprint density at radius 1 is 1.13 bits per heavy atom. The number of nitrogens with two attached hydrogens (primary N) is 1. The molecule has 47 heavy (non-hydrogen) atoms. The molecule has 252 valence electrons. The smallest absolute Gasteiger partial charge is 0.408 e. The number of benzene rings is 1. The third kappa shape index (κ3) is 9.15. The number of carboxylic acids is 1. The first-order valence-corrected chi connectivity index (χ1v) is 16.5. The Hall–Kier alpha value is -4.33. The van der Waals surface area contributed by atoms with Gasteiger partial charge in [0, 0.05) is 26.1 Å². The molecule has 1 aliphatic heterocycles. The molecule has 0 bridgehead atoms. The first kappa shape index (κ1) is 37.1. The van der Waals surface area contributed by atoms with Crippen LogP contribution in [0, 0.1) is 28.6 Å². The molecule has 1 aromatic heterocycles. The van der Waals surface area contributed by atoms with E-state index in [1.54, 1.807) is 58.9 Å². The Balaban J connectivity index is 1.78. The summed E-state index contributed by atoms with van der Waals surface area (Å²) in [5, 5.41) is 32.5. The van der Waals surface area contributed by atoms with Crippen LogP contribution in [0.3, 0.4) is 0 Å². The van der Waals surface area contributed by atoms with Gasteiger partial charge in [-0.25, -0.2) is 14.6 Å². The van der Waals surface area contributed by atoms with Crippen molar-refractivity contribution in [3.8, 4) is 12.1 Å². The van der Waals surface area contributed by atoms with E-state index in [4.69, 9.17) is 20.2 Å². The number of hydrogen-bond acceptors (Lipinski definition) is 10. The lowest BCUT2D eigenvalue weighted by Crippen LogP contribution is -2.59. The largest absolute Gasteiger partial charge is 0.479 e. The summed E-state index contributed by atoms with van der Waals surface area (Å²) in [6.07, 6.45) is 0.613. The van der Waals surface area contributed by atoms with Crippen molar-refractivity contribution in [1.82, 2.24) is 10.3 Å². The van der Waals surface area contributed by atoms with Gasteiger partial charge in [0.25, 0.3) is 0 Å². The number of carboxylic acid groups (broad SMARTS) is 1. The number of carbonyl (C=O) groups is 3. The number of pyridine rings is 1. The number of primary amides is 1. The second-order valence-corrected chi connectivity index (χ2v) is 13.8. The van der Waals surface area contributed by atoms with Crippen LogP contribution >= 0.6 is 11.8 Å². The van der Waals surface area contributed by atoms with Crippen LogP contribution < -0.4 is 16.0 Å². The maximum Gasteiger partial charge on any atom is 0.408 e. The molecule has 0 radical (unpaired) electrons. The number of alkyl carbamates (subject to hydrolysis) is 1. The van der Waals surface area contributed by atoms with Crippen LogP contribution in [0.1, 0.15) is 88.3 Å². The van der Waals surface area contributed by atoms with Gasteiger partial charge in [-0.15, -0.1) is 0 Å². The minimum atomic E-state index is -1.58. The van der Waals surface area contributed by atoms with Crippen molar-refractivity contribution in [3.05, 3.63) is 52.6 Å². The number of nitrogens with one attached hydrogen (secondary N) is 1. The zero-order chi connectivity index (χ0) is 34.9. The summed E-state index contributed by atoms with van der Waals surface area (Å²) in [5.41, 5.74) is 5.23. The zero-order valence-electron chi connectivity index (χ0n) is 27.8. The summed E-state index contributed by atoms with van der Waals surface area (Å²) in [5.74, 6) is -1.74. The Morgan fingerprint density at radius 3 is 2.23 bits per heavy atom. The highest BCUT2D eigenvalue weighted by molar-refractivity contribution is 8.00. The molecule has 13 heteroatoms. The van der Waals surface area contributed by atoms with Gasteiger partial charge in [-0.05, 0) is 57.1 Å². The molecule has 1 unspecified atom stereocenters. The number of anilines is 1. The molecule has 2 heterocycles. The Bertz CT molecular complexity index is 1520. The van der Waals surface area contributed by atoms with E-state index < -0.39 is 40.3 Å². The van der Waals surface area contributed by atoms with Crippen molar-refractivity contribution in [3.63, 3.8) is 0 Å². The number of nitrogens with zero attached hydrogens (tertiary/aromatic N) is 4. The molecule has 0 aliphatic carbocycles. The van der Waals surface area contributed by atoms with E-state index in [0.717, 1.165) is 11.8 Å². The number of nitriles is 2. The number of aromatic nitrogens is 1. The molecule has 2 atom stereocenters. The molecule has 1 aromatic carbocycles. The molecule has 1 fully saturated rings. The Kier molecular flexibility index (Phi) is 12.6. The minimum absolute atomic E-state index is 0.0398. The number of carbonyl (C=O) groups excluding carboxylic acids is 2. The standard InChI is InChI=1S/C34H44N6O6S/c1-7-24-25(19-35)29(38-30(26(24)20-36)47-27(28(37)41)22-11-9-8-10-12-22)40-16-13-23(14-17-40)45-18-15-34(21(2)3,31(42)43)39-32(44)46-33(4,5)6/h8-12,21,23,27H,7,13-18H2,1-6H3,(H2,37,41)(H,39,44)(H,42,43)/t27?,34-/m0/s1. The lowest BCUT2D eigenvalue weighted by molar-refractivity contribution is -0.148. The van der Waals surface area contributed by atoms with E-state index in [9.17, 15) is 30.0 Å². The predicted molar refractivity (Wildman–Crippen MR) is 178 cm³/mol. The minimum Gasteiger partial charge on any atom is -0.479 e. The van der Waals surface area contributed by atoms with Gasteiger partial charge in [0.15, 0.2) is 0 Å². The van der Waals surface area contributed by atoms with E-state index in [2.05, 4.69) is 17.5 Å². The van der Waals surface area contributed by atoms with E-state index in [1.807, 2.05) is 17.9 Å². The highest BCUT2D eigenvalue weighted by Gasteiger charge is 2.44. The molecule has 3 rings (SSSR count). The fourth-order valence-corrected chi connectivity index (χ4v) is 6.60. The fourth-order valence-electron chi connectivity index (χ4n) is 5.54. The quantitative estimate of drug-likeness (QED) is 0.242. The monoisotopic (exact) mass is 664 g/mol. The van der Waals surface area contributed by atoms with Crippen molar-refractivity contribution in [2.75, 3.05) is 24.6 Å². The van der Waals surface area contributed by atoms with E-state index >= 15 is 0 Å². The molecule has 1 saturated heterocycles. The predicted octanol–water partition coefficient (Wildman–Crippen LogP) is 5.09. The van der Waals surface area contributed by atoms with Crippen LogP contribution in [0.25, 0.3) is 0 Å². The van der Waals surface area contributed by atoms with Gasteiger partial charge in [-0.3, -0.25) is 4.79 Å². The molecule has 12 nitrogen and oxygen atoms in total. The lowest BCUT2D eigenvalue weighted by Gasteiger charge is -2.36. The Labute approximate surface area is 280 Å². The van der Waals surface area contributed by atoms with E-state index in [0.29, 0.717) is 59.9 Å². The first-order valence-electron chi connectivity index (χ1n) is 15.7. The molecule has 0 saturated carbocycles. The highest BCUT2D eigenvalue weighted by atomic mass is 32.2. The zero-order valence-corrected chi connectivity index (χ0v) is 28.6. The van der Waals surface area contributed by atoms with E-state index in [1.165, 1.54) is 0 Å². The average molecular weight is 665 g/mol. The number of aliphatic carboxylic acids is 1. The second-order valence-electron chi connectivity index (χ2n) is 12.7. The molecule has 2 amide bonds. The van der Waals surface area contributed by atoms with Crippen molar-refractivity contribution in [2.24, 2.45) is 11.7 Å². The van der Waals surface area contributed by atoms with Crippen molar-refractivity contribution >= 4 is 35.5 Å². The highest BCUT2D eigenvalue weighted by Crippen LogP contribution is 2.40. The van der Waals surface area contributed by atoms with Crippen LogP contribution in [-0.4, -0.2) is 65.0 Å². The summed E-state index contributed by atoms with van der Waals surface area (Å²) >= 11 is 1.10. The molecule has 2 aromatic rings. The van der Waals surface area contributed by atoms with Crippen LogP contribution in [0.2, 0.25) is 0 Å². The van der Waals surface area contributed by atoms with Crippen LogP contribution in [0.15, 0.2) is 35.4 Å².